The fraction of sp³-hybridized carbons (Fsp3) is 0. The van der Waals surface area contributed by atoms with Gasteiger partial charge in [-0.25, -0.2) is 4.79 Å². The number of hydrogen-bond donors (Lipinski definition) is 0. The summed E-state index contributed by atoms with van der Waals surface area (Å²) < 4.78 is 1.11. The Labute approximate surface area is 123 Å². The first-order valence-electron chi connectivity index (χ1n) is 5.65. The van der Waals surface area contributed by atoms with E-state index in [2.05, 4.69) is 27.7 Å². The highest BCUT2D eigenvalue weighted by molar-refractivity contribution is 14.1. The van der Waals surface area contributed by atoms with E-state index >= 15 is 0 Å². The second-order valence-electron chi connectivity index (χ2n) is 3.97. The molecule has 5 heteroatoms. The monoisotopic (exact) mass is 364 g/mol. The van der Waals surface area contributed by atoms with Crippen LogP contribution in [0.2, 0.25) is 0 Å². The predicted octanol–water partition coefficient (Wildman–Crippen LogP) is 2.91. The van der Waals surface area contributed by atoms with Crippen LogP contribution in [0.5, 0.6) is 0 Å². The second-order valence-corrected chi connectivity index (χ2v) is 5.21. The first-order valence-corrected chi connectivity index (χ1v) is 6.73. The van der Waals surface area contributed by atoms with Crippen LogP contribution in [0.3, 0.4) is 0 Å². The number of hydrogen-bond acceptors (Lipinski definition) is 3. The SMILES string of the molecule is O=C(On1ncc2cc(I)ccc21)c1ccccc1. The summed E-state index contributed by atoms with van der Waals surface area (Å²) in [4.78, 5) is 18.4. The molecule has 94 valence electrons. The van der Waals surface area contributed by atoms with Crippen LogP contribution in [0.4, 0.5) is 0 Å². The molecular formula is C14H9IN2O2. The van der Waals surface area contributed by atoms with E-state index in [1.165, 1.54) is 4.85 Å². The number of nitrogens with zero attached hydrogens (tertiary/aromatic N) is 2. The molecule has 0 aliphatic heterocycles. The van der Waals surface area contributed by atoms with Gasteiger partial charge in [-0.2, -0.15) is 0 Å². The van der Waals surface area contributed by atoms with Crippen LogP contribution < -0.4 is 4.84 Å². The van der Waals surface area contributed by atoms with Gasteiger partial charge in [-0.3, -0.25) is 0 Å². The highest BCUT2D eigenvalue weighted by Gasteiger charge is 2.11. The van der Waals surface area contributed by atoms with Gasteiger partial charge in [0, 0.05) is 8.96 Å². The Morgan fingerprint density at radius 2 is 1.95 bits per heavy atom. The van der Waals surface area contributed by atoms with Gasteiger partial charge in [0.1, 0.15) is 5.52 Å². The van der Waals surface area contributed by atoms with Crippen molar-refractivity contribution in [1.82, 2.24) is 9.94 Å². The van der Waals surface area contributed by atoms with E-state index < -0.39 is 5.97 Å². The van der Waals surface area contributed by atoms with Crippen molar-refractivity contribution < 1.29 is 9.63 Å². The molecule has 0 aliphatic rings. The minimum absolute atomic E-state index is 0.427. The minimum Gasteiger partial charge on any atom is -0.313 e. The van der Waals surface area contributed by atoms with E-state index in [-0.39, 0.29) is 0 Å². The highest BCUT2D eigenvalue weighted by Crippen LogP contribution is 2.16. The third kappa shape index (κ3) is 2.46. The molecule has 1 aromatic heterocycles. The number of aromatic nitrogens is 2. The molecule has 4 nitrogen and oxygen atoms in total. The third-order valence-electron chi connectivity index (χ3n) is 2.68. The van der Waals surface area contributed by atoms with E-state index in [0.29, 0.717) is 5.56 Å². The van der Waals surface area contributed by atoms with Crippen molar-refractivity contribution in [2.24, 2.45) is 0 Å². The van der Waals surface area contributed by atoms with Gasteiger partial charge in [-0.1, -0.05) is 23.0 Å². The zero-order valence-electron chi connectivity index (χ0n) is 9.79. The van der Waals surface area contributed by atoms with Crippen molar-refractivity contribution >= 4 is 39.5 Å². The topological polar surface area (TPSA) is 44.1 Å². The summed E-state index contributed by atoms with van der Waals surface area (Å²) in [6, 6.07) is 14.6. The van der Waals surface area contributed by atoms with E-state index in [1.807, 2.05) is 24.3 Å². The summed E-state index contributed by atoms with van der Waals surface area (Å²) in [7, 11) is 0. The lowest BCUT2D eigenvalue weighted by Gasteiger charge is -2.04. The molecule has 0 bridgehead atoms. The van der Waals surface area contributed by atoms with E-state index in [4.69, 9.17) is 4.84 Å². The fourth-order valence-electron chi connectivity index (χ4n) is 1.76. The molecule has 1 heterocycles. The average molecular weight is 364 g/mol. The average Bonchev–Trinajstić information content (AvgIpc) is 2.82. The van der Waals surface area contributed by atoms with E-state index in [0.717, 1.165) is 14.5 Å². The van der Waals surface area contributed by atoms with Crippen molar-refractivity contribution in [3.63, 3.8) is 0 Å². The molecule has 19 heavy (non-hydrogen) atoms. The lowest BCUT2D eigenvalue weighted by Crippen LogP contribution is -2.20. The first-order chi connectivity index (χ1) is 9.24. The highest BCUT2D eigenvalue weighted by atomic mass is 127. The quantitative estimate of drug-likeness (QED) is 0.657. The number of carbonyl (C=O) groups is 1. The molecule has 0 aliphatic carbocycles. The molecule has 0 spiro atoms. The summed E-state index contributed by atoms with van der Waals surface area (Å²) in [5.41, 5.74) is 1.27. The van der Waals surface area contributed by atoms with Gasteiger partial charge in [0.25, 0.3) is 0 Å². The summed E-state index contributed by atoms with van der Waals surface area (Å²) in [6.07, 6.45) is 1.68. The lowest BCUT2D eigenvalue weighted by molar-refractivity contribution is 0.0420. The predicted molar refractivity (Wildman–Crippen MR) is 79.8 cm³/mol. The van der Waals surface area contributed by atoms with Crippen molar-refractivity contribution in [1.29, 1.82) is 0 Å². The maximum atomic E-state index is 11.9. The maximum absolute atomic E-state index is 11.9. The normalized spacial score (nSPS) is 10.6. The van der Waals surface area contributed by atoms with Crippen LogP contribution in [0, 0.1) is 3.57 Å². The first kappa shape index (κ1) is 12.2. The Hall–Kier alpha value is -1.89. The Balaban J connectivity index is 1.92. The van der Waals surface area contributed by atoms with Gasteiger partial charge in [-0.15, -0.1) is 5.10 Å². The van der Waals surface area contributed by atoms with Gasteiger partial charge < -0.3 is 4.84 Å². The van der Waals surface area contributed by atoms with E-state index in [1.54, 1.807) is 30.5 Å². The molecule has 0 saturated heterocycles. The van der Waals surface area contributed by atoms with Crippen LogP contribution in [-0.4, -0.2) is 15.9 Å². The third-order valence-corrected chi connectivity index (χ3v) is 3.35. The zero-order chi connectivity index (χ0) is 13.2. The molecule has 0 saturated carbocycles. The molecule has 0 fully saturated rings. The molecule has 0 atom stereocenters. The van der Waals surface area contributed by atoms with Gasteiger partial charge in [-0.05, 0) is 52.9 Å². The lowest BCUT2D eigenvalue weighted by atomic mass is 10.2. The Morgan fingerprint density at radius 1 is 1.16 bits per heavy atom. The van der Waals surface area contributed by atoms with Crippen molar-refractivity contribution in [2.45, 2.75) is 0 Å². The van der Waals surface area contributed by atoms with Crippen LogP contribution in [0.15, 0.2) is 54.7 Å². The summed E-state index contributed by atoms with van der Waals surface area (Å²) in [5, 5.41) is 5.01. The minimum atomic E-state index is -0.427. The zero-order valence-corrected chi connectivity index (χ0v) is 11.9. The van der Waals surface area contributed by atoms with Crippen LogP contribution in [0.25, 0.3) is 10.9 Å². The molecule has 0 amide bonds. The molecule has 0 N–H and O–H groups in total. The Morgan fingerprint density at radius 3 is 2.74 bits per heavy atom. The van der Waals surface area contributed by atoms with Gasteiger partial charge >= 0.3 is 5.97 Å². The number of benzene rings is 2. The Bertz CT molecular complexity index is 738. The largest absolute Gasteiger partial charge is 0.365 e. The van der Waals surface area contributed by atoms with Crippen LogP contribution in [0.1, 0.15) is 10.4 Å². The standard InChI is InChI=1S/C14H9IN2O2/c15-12-6-7-13-11(8-12)9-16-17(13)19-14(18)10-4-2-1-3-5-10/h1-9H. The summed E-state index contributed by atoms with van der Waals surface area (Å²) in [5.74, 6) is -0.427. The van der Waals surface area contributed by atoms with Crippen molar-refractivity contribution in [3.8, 4) is 0 Å². The number of fused-ring (bicyclic) bond motifs is 1. The molecule has 0 unspecified atom stereocenters. The van der Waals surface area contributed by atoms with Crippen molar-refractivity contribution in [3.05, 3.63) is 63.9 Å². The molecule has 3 aromatic rings. The second kappa shape index (κ2) is 5.00. The summed E-state index contributed by atoms with van der Waals surface area (Å²) >= 11 is 2.23. The number of halogens is 1. The number of carbonyl (C=O) groups excluding carboxylic acids is 1. The fourth-order valence-corrected chi connectivity index (χ4v) is 2.27. The maximum Gasteiger partial charge on any atom is 0.365 e. The molecule has 3 rings (SSSR count). The van der Waals surface area contributed by atoms with Gasteiger partial charge in [0.2, 0.25) is 0 Å². The Kier molecular flexibility index (Phi) is 3.20. The molecule has 2 aromatic carbocycles. The van der Waals surface area contributed by atoms with Crippen LogP contribution in [-0.2, 0) is 0 Å². The smallest absolute Gasteiger partial charge is 0.313 e. The van der Waals surface area contributed by atoms with Gasteiger partial charge in [0.05, 0.1) is 11.8 Å². The molecular weight excluding hydrogens is 355 g/mol. The van der Waals surface area contributed by atoms with Crippen LogP contribution >= 0.6 is 22.6 Å². The molecule has 0 radical (unpaired) electrons. The number of rotatable bonds is 2. The van der Waals surface area contributed by atoms with Gasteiger partial charge in [0.15, 0.2) is 0 Å². The van der Waals surface area contributed by atoms with Crippen molar-refractivity contribution in [2.75, 3.05) is 0 Å². The van der Waals surface area contributed by atoms with E-state index in [9.17, 15) is 4.79 Å². The summed E-state index contributed by atoms with van der Waals surface area (Å²) in [6.45, 7) is 0.